The third kappa shape index (κ3) is 4.66. The van der Waals surface area contributed by atoms with Gasteiger partial charge in [-0.1, -0.05) is 18.2 Å². The van der Waals surface area contributed by atoms with Crippen molar-refractivity contribution < 1.29 is 14.0 Å². The highest BCUT2D eigenvalue weighted by Crippen LogP contribution is 2.12. The molecule has 0 aliphatic rings. The van der Waals surface area contributed by atoms with E-state index in [0.717, 1.165) is 5.56 Å². The van der Waals surface area contributed by atoms with Crippen molar-refractivity contribution in [3.63, 3.8) is 0 Å². The lowest BCUT2D eigenvalue weighted by molar-refractivity contribution is -0.121. The molecule has 2 N–H and O–H groups in total. The van der Waals surface area contributed by atoms with E-state index in [9.17, 15) is 14.0 Å². The zero-order valence-corrected chi connectivity index (χ0v) is 13.0. The van der Waals surface area contributed by atoms with Crippen molar-refractivity contribution in [3.8, 4) is 0 Å². The second kappa shape index (κ2) is 7.70. The molecule has 0 aliphatic heterocycles. The lowest BCUT2D eigenvalue weighted by Crippen LogP contribution is -2.31. The molecular weight excluding hydrogens is 303 g/mol. The van der Waals surface area contributed by atoms with E-state index in [1.165, 1.54) is 23.5 Å². The minimum absolute atomic E-state index is 0.164. The highest BCUT2D eigenvalue weighted by molar-refractivity contribution is 7.12. The van der Waals surface area contributed by atoms with Gasteiger partial charge in [0.25, 0.3) is 5.91 Å². The molecule has 0 radical (unpaired) electrons. The van der Waals surface area contributed by atoms with Crippen LogP contribution in [0, 0.1) is 5.82 Å². The van der Waals surface area contributed by atoms with E-state index in [-0.39, 0.29) is 36.6 Å². The molecule has 4 nitrogen and oxygen atoms in total. The fourth-order valence-electron chi connectivity index (χ4n) is 1.93. The van der Waals surface area contributed by atoms with Crippen LogP contribution in [0.25, 0.3) is 0 Å². The van der Waals surface area contributed by atoms with Crippen molar-refractivity contribution >= 4 is 23.2 Å². The zero-order valence-electron chi connectivity index (χ0n) is 12.1. The number of thiophene rings is 1. The average molecular weight is 320 g/mol. The molecule has 1 unspecified atom stereocenters. The van der Waals surface area contributed by atoms with Gasteiger partial charge in [0.15, 0.2) is 0 Å². The fraction of sp³-hybridized carbons (Fsp3) is 0.250. The lowest BCUT2D eigenvalue weighted by atomic mass is 10.1. The van der Waals surface area contributed by atoms with Gasteiger partial charge in [-0.05, 0) is 36.1 Å². The first-order valence-electron chi connectivity index (χ1n) is 6.93. The van der Waals surface area contributed by atoms with E-state index < -0.39 is 0 Å². The molecule has 0 fully saturated rings. The quantitative estimate of drug-likeness (QED) is 0.860. The van der Waals surface area contributed by atoms with Crippen molar-refractivity contribution in [1.82, 2.24) is 10.6 Å². The molecule has 2 amide bonds. The highest BCUT2D eigenvalue weighted by Gasteiger charge is 2.11. The van der Waals surface area contributed by atoms with E-state index in [0.29, 0.717) is 4.88 Å². The van der Waals surface area contributed by atoms with Crippen LogP contribution in [0.1, 0.15) is 34.6 Å². The summed E-state index contributed by atoms with van der Waals surface area (Å²) in [6.07, 6.45) is 0.197. The molecule has 6 heteroatoms. The number of rotatable bonds is 6. The fourth-order valence-corrected chi connectivity index (χ4v) is 2.57. The molecule has 0 bridgehead atoms. The van der Waals surface area contributed by atoms with Gasteiger partial charge in [-0.3, -0.25) is 9.59 Å². The highest BCUT2D eigenvalue weighted by atomic mass is 32.1. The number of hydrogen-bond acceptors (Lipinski definition) is 3. The van der Waals surface area contributed by atoms with Crippen molar-refractivity contribution in [1.29, 1.82) is 0 Å². The Labute approximate surface area is 132 Å². The normalized spacial score (nSPS) is 11.7. The number of amides is 2. The van der Waals surface area contributed by atoms with Gasteiger partial charge < -0.3 is 10.6 Å². The maximum absolute atomic E-state index is 12.8. The lowest BCUT2D eigenvalue weighted by Gasteiger charge is -2.14. The molecule has 1 aromatic heterocycles. The van der Waals surface area contributed by atoms with Gasteiger partial charge in [-0.15, -0.1) is 11.3 Å². The van der Waals surface area contributed by atoms with Gasteiger partial charge in [0.1, 0.15) is 5.82 Å². The summed E-state index contributed by atoms with van der Waals surface area (Å²) < 4.78 is 12.8. The Morgan fingerprint density at radius 1 is 1.23 bits per heavy atom. The Bertz CT molecular complexity index is 626. The number of halogens is 1. The molecule has 0 saturated heterocycles. The number of benzene rings is 1. The molecular formula is C16H17FN2O2S. The largest absolute Gasteiger partial charge is 0.351 e. The van der Waals surface area contributed by atoms with Gasteiger partial charge in [0, 0.05) is 13.0 Å². The maximum atomic E-state index is 12.8. The first-order chi connectivity index (χ1) is 10.6. The summed E-state index contributed by atoms with van der Waals surface area (Å²) in [5.41, 5.74) is 0.831. The van der Waals surface area contributed by atoms with E-state index in [4.69, 9.17) is 0 Å². The van der Waals surface area contributed by atoms with Gasteiger partial charge in [-0.25, -0.2) is 4.39 Å². The second-order valence-electron chi connectivity index (χ2n) is 4.82. The van der Waals surface area contributed by atoms with Crippen LogP contribution in [0.2, 0.25) is 0 Å². The first-order valence-corrected chi connectivity index (χ1v) is 7.81. The average Bonchev–Trinajstić information content (AvgIpc) is 3.02. The van der Waals surface area contributed by atoms with Crippen LogP contribution < -0.4 is 10.6 Å². The summed E-state index contributed by atoms with van der Waals surface area (Å²) in [6, 6.07) is 9.32. The molecule has 2 rings (SSSR count). The van der Waals surface area contributed by atoms with Gasteiger partial charge in [-0.2, -0.15) is 0 Å². The Hall–Kier alpha value is -2.21. The van der Waals surface area contributed by atoms with E-state index in [2.05, 4.69) is 10.6 Å². The van der Waals surface area contributed by atoms with Crippen LogP contribution in [0.15, 0.2) is 41.8 Å². The van der Waals surface area contributed by atoms with E-state index in [1.807, 2.05) is 12.3 Å². The van der Waals surface area contributed by atoms with E-state index in [1.54, 1.807) is 24.3 Å². The van der Waals surface area contributed by atoms with Crippen LogP contribution in [0.4, 0.5) is 4.39 Å². The van der Waals surface area contributed by atoms with Crippen LogP contribution in [0.3, 0.4) is 0 Å². The smallest absolute Gasteiger partial charge is 0.261 e. The topological polar surface area (TPSA) is 58.2 Å². The SMILES string of the molecule is CC(NC(=O)CCNC(=O)c1cccs1)c1ccc(F)cc1. The van der Waals surface area contributed by atoms with Crippen molar-refractivity contribution in [3.05, 3.63) is 58.0 Å². The Kier molecular flexibility index (Phi) is 5.66. The number of carbonyl (C=O) groups excluding carboxylic acids is 2. The van der Waals surface area contributed by atoms with Crippen LogP contribution in [-0.2, 0) is 4.79 Å². The van der Waals surface area contributed by atoms with Crippen molar-refractivity contribution in [2.45, 2.75) is 19.4 Å². The monoisotopic (exact) mass is 320 g/mol. The van der Waals surface area contributed by atoms with Crippen LogP contribution >= 0.6 is 11.3 Å². The molecule has 0 aliphatic carbocycles. The number of carbonyl (C=O) groups is 2. The molecule has 2 aromatic rings. The van der Waals surface area contributed by atoms with Gasteiger partial charge in [0.05, 0.1) is 10.9 Å². The minimum Gasteiger partial charge on any atom is -0.351 e. The van der Waals surface area contributed by atoms with Gasteiger partial charge >= 0.3 is 0 Å². The predicted molar refractivity (Wildman–Crippen MR) is 84.2 cm³/mol. The first kappa shape index (κ1) is 16.2. The molecule has 1 heterocycles. The Morgan fingerprint density at radius 3 is 2.59 bits per heavy atom. The molecule has 22 heavy (non-hydrogen) atoms. The molecule has 1 atom stereocenters. The zero-order chi connectivity index (χ0) is 15.9. The van der Waals surface area contributed by atoms with Crippen LogP contribution in [-0.4, -0.2) is 18.4 Å². The summed E-state index contributed by atoms with van der Waals surface area (Å²) in [6.45, 7) is 2.11. The summed E-state index contributed by atoms with van der Waals surface area (Å²) in [4.78, 5) is 24.1. The summed E-state index contributed by atoms with van der Waals surface area (Å²) in [7, 11) is 0. The molecule has 116 valence electrons. The molecule has 0 saturated carbocycles. The van der Waals surface area contributed by atoms with E-state index >= 15 is 0 Å². The second-order valence-corrected chi connectivity index (χ2v) is 5.77. The Balaban J connectivity index is 1.73. The standard InChI is InChI=1S/C16H17FN2O2S/c1-11(12-4-6-13(17)7-5-12)19-15(20)8-9-18-16(21)14-3-2-10-22-14/h2-7,10-11H,8-9H2,1H3,(H,18,21)(H,19,20). The van der Waals surface area contributed by atoms with Gasteiger partial charge in [0.2, 0.25) is 5.91 Å². The van der Waals surface area contributed by atoms with Crippen molar-refractivity contribution in [2.24, 2.45) is 0 Å². The third-order valence-corrected chi connectivity index (χ3v) is 4.00. The third-order valence-electron chi connectivity index (χ3n) is 3.13. The number of nitrogens with one attached hydrogen (secondary N) is 2. The minimum atomic E-state index is -0.307. The predicted octanol–water partition coefficient (Wildman–Crippen LogP) is 2.88. The van der Waals surface area contributed by atoms with Crippen molar-refractivity contribution in [2.75, 3.05) is 6.54 Å². The summed E-state index contributed by atoms with van der Waals surface area (Å²) >= 11 is 1.36. The molecule has 0 spiro atoms. The van der Waals surface area contributed by atoms with Crippen LogP contribution in [0.5, 0.6) is 0 Å². The maximum Gasteiger partial charge on any atom is 0.261 e. The summed E-state index contributed by atoms with van der Waals surface area (Å²) in [5.74, 6) is -0.642. The summed E-state index contributed by atoms with van der Waals surface area (Å²) in [5, 5.41) is 7.34. The Morgan fingerprint density at radius 2 is 1.95 bits per heavy atom. The molecule has 1 aromatic carbocycles. The number of hydrogen-bond donors (Lipinski definition) is 2.